The van der Waals surface area contributed by atoms with Gasteiger partial charge in [-0.1, -0.05) is 19.9 Å². The van der Waals surface area contributed by atoms with Crippen LogP contribution >= 0.6 is 0 Å². The smallest absolute Gasteiger partial charge is 0.336 e. The number of unbranched alkanes of at least 4 members (excludes halogenated alkanes) is 1. The first-order valence-corrected chi connectivity index (χ1v) is 6.89. The van der Waals surface area contributed by atoms with Crippen molar-refractivity contribution in [3.05, 3.63) is 48.3 Å². The van der Waals surface area contributed by atoms with Gasteiger partial charge in [-0.25, -0.2) is 9.18 Å². The standard InChI is InChI=1S/C16H18FNO4/c1-3-5-10-22-16(21)14(13(19)4-2)18-15(20)11-6-8-12(17)9-7-11/h4,6-9,14H,2-3,5,10H2,1H3,(H,18,20). The highest BCUT2D eigenvalue weighted by Crippen LogP contribution is 2.04. The number of carbonyl (C=O) groups is 3. The summed E-state index contributed by atoms with van der Waals surface area (Å²) in [6.45, 7) is 5.39. The summed E-state index contributed by atoms with van der Waals surface area (Å²) in [6, 6.07) is 3.27. The number of ether oxygens (including phenoxy) is 1. The summed E-state index contributed by atoms with van der Waals surface area (Å²) >= 11 is 0. The van der Waals surface area contributed by atoms with Crippen LogP contribution in [0.2, 0.25) is 0 Å². The summed E-state index contributed by atoms with van der Waals surface area (Å²) in [5, 5.41) is 2.27. The first-order chi connectivity index (χ1) is 10.5. The Labute approximate surface area is 128 Å². The molecule has 5 nitrogen and oxygen atoms in total. The van der Waals surface area contributed by atoms with Crippen LogP contribution in [0.4, 0.5) is 4.39 Å². The summed E-state index contributed by atoms with van der Waals surface area (Å²) < 4.78 is 17.8. The van der Waals surface area contributed by atoms with E-state index in [4.69, 9.17) is 4.74 Å². The molecule has 1 aromatic carbocycles. The molecule has 22 heavy (non-hydrogen) atoms. The number of hydrogen-bond acceptors (Lipinski definition) is 4. The van der Waals surface area contributed by atoms with E-state index in [9.17, 15) is 18.8 Å². The third-order valence-electron chi connectivity index (χ3n) is 2.85. The van der Waals surface area contributed by atoms with Crippen LogP contribution in [-0.4, -0.2) is 30.3 Å². The number of nitrogens with one attached hydrogen (secondary N) is 1. The highest BCUT2D eigenvalue weighted by Gasteiger charge is 2.28. The van der Waals surface area contributed by atoms with Gasteiger partial charge in [0.15, 0.2) is 11.8 Å². The zero-order valence-corrected chi connectivity index (χ0v) is 12.3. The van der Waals surface area contributed by atoms with Crippen LogP contribution in [0.1, 0.15) is 30.1 Å². The molecule has 0 aliphatic heterocycles. The molecule has 0 spiro atoms. The van der Waals surface area contributed by atoms with Crippen LogP contribution < -0.4 is 5.32 Å². The van der Waals surface area contributed by atoms with E-state index in [2.05, 4.69) is 11.9 Å². The molecule has 1 unspecified atom stereocenters. The molecule has 0 aliphatic carbocycles. The van der Waals surface area contributed by atoms with Crippen LogP contribution in [0.15, 0.2) is 36.9 Å². The van der Waals surface area contributed by atoms with Gasteiger partial charge in [0.05, 0.1) is 6.61 Å². The summed E-state index contributed by atoms with van der Waals surface area (Å²) in [7, 11) is 0. The number of rotatable bonds is 8. The van der Waals surface area contributed by atoms with E-state index < -0.39 is 29.5 Å². The number of esters is 1. The normalized spacial score (nSPS) is 11.4. The van der Waals surface area contributed by atoms with Crippen LogP contribution in [0.3, 0.4) is 0 Å². The molecule has 0 saturated carbocycles. The molecule has 1 amide bonds. The van der Waals surface area contributed by atoms with Crippen LogP contribution in [0.25, 0.3) is 0 Å². The molecular formula is C16H18FNO4. The highest BCUT2D eigenvalue weighted by atomic mass is 19.1. The Morgan fingerprint density at radius 1 is 1.32 bits per heavy atom. The number of amides is 1. The van der Waals surface area contributed by atoms with Gasteiger partial charge < -0.3 is 10.1 Å². The van der Waals surface area contributed by atoms with Gasteiger partial charge in [0.2, 0.25) is 0 Å². The van der Waals surface area contributed by atoms with Crippen molar-refractivity contribution < 1.29 is 23.5 Å². The monoisotopic (exact) mass is 307 g/mol. The molecule has 0 aromatic heterocycles. The molecule has 0 fully saturated rings. The molecule has 118 valence electrons. The molecule has 6 heteroatoms. The van der Waals surface area contributed by atoms with E-state index in [1.165, 1.54) is 12.1 Å². The first kappa shape index (κ1) is 17.6. The SMILES string of the molecule is C=CC(=O)C(NC(=O)c1ccc(F)cc1)C(=O)OCCCC. The molecule has 1 aromatic rings. The van der Waals surface area contributed by atoms with E-state index in [0.717, 1.165) is 24.6 Å². The van der Waals surface area contributed by atoms with Crippen molar-refractivity contribution >= 4 is 17.7 Å². The topological polar surface area (TPSA) is 72.5 Å². The Balaban J connectivity index is 2.78. The predicted octanol–water partition coefficient (Wildman–Crippen LogP) is 2.02. The molecule has 0 heterocycles. The third kappa shape index (κ3) is 5.12. The molecule has 0 aliphatic rings. The minimum Gasteiger partial charge on any atom is -0.464 e. The Morgan fingerprint density at radius 2 is 1.95 bits per heavy atom. The van der Waals surface area contributed by atoms with Crippen molar-refractivity contribution in [2.75, 3.05) is 6.61 Å². The van der Waals surface area contributed by atoms with E-state index in [0.29, 0.717) is 6.42 Å². The average molecular weight is 307 g/mol. The van der Waals surface area contributed by atoms with Crippen molar-refractivity contribution in [3.8, 4) is 0 Å². The van der Waals surface area contributed by atoms with Gasteiger partial charge in [0.1, 0.15) is 5.82 Å². The minimum absolute atomic E-state index is 0.129. The van der Waals surface area contributed by atoms with E-state index >= 15 is 0 Å². The first-order valence-electron chi connectivity index (χ1n) is 6.89. The van der Waals surface area contributed by atoms with E-state index in [1.807, 2.05) is 6.92 Å². The van der Waals surface area contributed by atoms with Crippen molar-refractivity contribution in [2.24, 2.45) is 0 Å². The molecule has 0 bridgehead atoms. The fourth-order valence-electron chi connectivity index (χ4n) is 1.58. The highest BCUT2D eigenvalue weighted by molar-refractivity contribution is 6.12. The number of ketones is 1. The Morgan fingerprint density at radius 3 is 2.50 bits per heavy atom. The maximum Gasteiger partial charge on any atom is 0.336 e. The number of carbonyl (C=O) groups excluding carboxylic acids is 3. The second kappa shape index (κ2) is 8.71. The molecule has 1 atom stereocenters. The predicted molar refractivity (Wildman–Crippen MR) is 78.7 cm³/mol. The van der Waals surface area contributed by atoms with Crippen LogP contribution in [0.5, 0.6) is 0 Å². The molecule has 1 rings (SSSR count). The summed E-state index contributed by atoms with van der Waals surface area (Å²) in [5.74, 6) is -2.67. The second-order valence-electron chi connectivity index (χ2n) is 4.54. The Kier molecular flexibility index (Phi) is 6.95. The fourth-order valence-corrected chi connectivity index (χ4v) is 1.58. The maximum absolute atomic E-state index is 12.8. The van der Waals surface area contributed by atoms with Crippen LogP contribution in [-0.2, 0) is 14.3 Å². The van der Waals surface area contributed by atoms with Gasteiger partial charge in [0.25, 0.3) is 5.91 Å². The third-order valence-corrected chi connectivity index (χ3v) is 2.85. The summed E-state index contributed by atoms with van der Waals surface area (Å²) in [4.78, 5) is 35.6. The van der Waals surface area contributed by atoms with E-state index in [1.54, 1.807) is 0 Å². The quantitative estimate of drug-likeness (QED) is 0.345. The van der Waals surface area contributed by atoms with Crippen molar-refractivity contribution in [1.82, 2.24) is 5.32 Å². The molecule has 0 radical (unpaired) electrons. The second-order valence-corrected chi connectivity index (χ2v) is 4.54. The van der Waals surface area contributed by atoms with Crippen molar-refractivity contribution in [3.63, 3.8) is 0 Å². The Hall–Kier alpha value is -2.50. The number of hydrogen-bond donors (Lipinski definition) is 1. The largest absolute Gasteiger partial charge is 0.464 e. The maximum atomic E-state index is 12.8. The summed E-state index contributed by atoms with van der Waals surface area (Å²) in [5.41, 5.74) is 0.129. The lowest BCUT2D eigenvalue weighted by molar-refractivity contribution is -0.148. The van der Waals surface area contributed by atoms with Gasteiger partial charge in [0, 0.05) is 5.56 Å². The molecular weight excluding hydrogens is 289 g/mol. The Bertz CT molecular complexity index is 554. The lowest BCUT2D eigenvalue weighted by Crippen LogP contribution is -2.46. The van der Waals surface area contributed by atoms with Crippen molar-refractivity contribution in [2.45, 2.75) is 25.8 Å². The van der Waals surface area contributed by atoms with Crippen LogP contribution in [0, 0.1) is 5.82 Å². The minimum atomic E-state index is -1.45. The fraction of sp³-hybridized carbons (Fsp3) is 0.312. The van der Waals surface area contributed by atoms with Gasteiger partial charge >= 0.3 is 5.97 Å². The number of halogens is 1. The van der Waals surface area contributed by atoms with Crippen molar-refractivity contribution in [1.29, 1.82) is 0 Å². The zero-order valence-electron chi connectivity index (χ0n) is 12.3. The molecule has 1 N–H and O–H groups in total. The van der Waals surface area contributed by atoms with Gasteiger partial charge in [-0.2, -0.15) is 0 Å². The van der Waals surface area contributed by atoms with E-state index in [-0.39, 0.29) is 12.2 Å². The van der Waals surface area contributed by atoms with Gasteiger partial charge in [-0.15, -0.1) is 0 Å². The lowest BCUT2D eigenvalue weighted by atomic mass is 10.1. The molecule has 0 saturated heterocycles. The van der Waals surface area contributed by atoms with Gasteiger partial charge in [-0.3, -0.25) is 9.59 Å². The lowest BCUT2D eigenvalue weighted by Gasteiger charge is -2.15. The zero-order chi connectivity index (χ0) is 16.5. The average Bonchev–Trinajstić information content (AvgIpc) is 2.52. The number of benzene rings is 1. The summed E-state index contributed by atoms with van der Waals surface area (Å²) in [6.07, 6.45) is 2.43. The van der Waals surface area contributed by atoms with Gasteiger partial charge in [-0.05, 0) is 36.8 Å².